The highest BCUT2D eigenvalue weighted by Gasteiger charge is 2.32. The highest BCUT2D eigenvalue weighted by molar-refractivity contribution is 5.83. The van der Waals surface area contributed by atoms with Crippen molar-refractivity contribution < 1.29 is 9.59 Å². The van der Waals surface area contributed by atoms with Gasteiger partial charge in [-0.25, -0.2) is 9.80 Å². The van der Waals surface area contributed by atoms with Gasteiger partial charge in [0.25, 0.3) is 0 Å². The van der Waals surface area contributed by atoms with Gasteiger partial charge in [0.2, 0.25) is 5.91 Å². The van der Waals surface area contributed by atoms with Crippen LogP contribution in [0.4, 0.5) is 4.79 Å². The Morgan fingerprint density at radius 2 is 2.00 bits per heavy atom. The van der Waals surface area contributed by atoms with Gasteiger partial charge in [-0.1, -0.05) is 0 Å². The molecule has 0 atom stereocenters. The number of carbonyl (C=O) groups excluding carboxylic acids is 2. The molecule has 2 saturated heterocycles. The number of amides is 3. The summed E-state index contributed by atoms with van der Waals surface area (Å²) >= 11 is 0. The molecule has 1 N–H and O–H groups in total. The molecule has 2 fully saturated rings. The second-order valence-electron chi connectivity index (χ2n) is 2.98. The summed E-state index contributed by atoms with van der Waals surface area (Å²) in [6, 6.07) is -0.148. The molecule has 2 aliphatic rings. The third kappa shape index (κ3) is 1.01. The van der Waals surface area contributed by atoms with E-state index in [0.717, 1.165) is 6.42 Å². The van der Waals surface area contributed by atoms with E-state index in [4.69, 9.17) is 0 Å². The van der Waals surface area contributed by atoms with Gasteiger partial charge in [0.1, 0.15) is 0 Å². The van der Waals surface area contributed by atoms with E-state index < -0.39 is 0 Å². The minimum atomic E-state index is -0.148. The summed E-state index contributed by atoms with van der Waals surface area (Å²) in [4.78, 5) is 22.3. The molecular weight excluding hydrogens is 158 g/mol. The number of carbonyl (C=O) groups is 2. The molecule has 66 valence electrons. The van der Waals surface area contributed by atoms with Crippen LogP contribution in [-0.2, 0) is 4.79 Å². The van der Waals surface area contributed by atoms with Crippen LogP contribution in [0.1, 0.15) is 12.8 Å². The maximum atomic E-state index is 11.2. The molecule has 0 aromatic carbocycles. The van der Waals surface area contributed by atoms with E-state index in [2.05, 4.69) is 5.32 Å². The average molecular weight is 169 g/mol. The van der Waals surface area contributed by atoms with Crippen molar-refractivity contribution in [2.75, 3.05) is 19.6 Å². The Morgan fingerprint density at radius 1 is 1.17 bits per heavy atom. The summed E-state index contributed by atoms with van der Waals surface area (Å²) in [6.07, 6.45) is 1.44. The van der Waals surface area contributed by atoms with Crippen LogP contribution in [0.3, 0.4) is 0 Å². The van der Waals surface area contributed by atoms with Crippen LogP contribution in [0.25, 0.3) is 0 Å². The van der Waals surface area contributed by atoms with Gasteiger partial charge in [-0.15, -0.1) is 0 Å². The lowest BCUT2D eigenvalue weighted by molar-refractivity contribution is -0.137. The van der Waals surface area contributed by atoms with E-state index in [9.17, 15) is 9.59 Å². The molecule has 0 unspecified atom stereocenters. The summed E-state index contributed by atoms with van der Waals surface area (Å²) in [7, 11) is 0. The zero-order chi connectivity index (χ0) is 8.55. The molecule has 5 nitrogen and oxygen atoms in total. The fourth-order valence-corrected chi connectivity index (χ4v) is 1.58. The van der Waals surface area contributed by atoms with Crippen LogP contribution >= 0.6 is 0 Å². The van der Waals surface area contributed by atoms with Crippen molar-refractivity contribution in [2.45, 2.75) is 12.8 Å². The summed E-state index contributed by atoms with van der Waals surface area (Å²) in [5.74, 6) is 0.0621. The number of hydrazine groups is 1. The zero-order valence-corrected chi connectivity index (χ0v) is 6.75. The first kappa shape index (κ1) is 7.39. The molecule has 0 aromatic heterocycles. The smallest absolute Gasteiger partial charge is 0.335 e. The molecule has 2 heterocycles. The van der Waals surface area contributed by atoms with Crippen LogP contribution in [-0.4, -0.2) is 41.6 Å². The molecule has 2 aliphatic heterocycles. The van der Waals surface area contributed by atoms with Crippen molar-refractivity contribution in [3.8, 4) is 0 Å². The second kappa shape index (κ2) is 2.66. The topological polar surface area (TPSA) is 52.7 Å². The fraction of sp³-hybridized carbons (Fsp3) is 0.714. The van der Waals surface area contributed by atoms with Gasteiger partial charge in [-0.2, -0.15) is 0 Å². The maximum Gasteiger partial charge on any atom is 0.336 e. The molecule has 2 rings (SSSR count). The van der Waals surface area contributed by atoms with Crippen molar-refractivity contribution in [1.29, 1.82) is 0 Å². The summed E-state index contributed by atoms with van der Waals surface area (Å²) < 4.78 is 0. The Hall–Kier alpha value is -1.26. The van der Waals surface area contributed by atoms with E-state index in [-0.39, 0.29) is 11.9 Å². The van der Waals surface area contributed by atoms with Gasteiger partial charge in [-0.3, -0.25) is 9.80 Å². The van der Waals surface area contributed by atoms with Crippen LogP contribution < -0.4 is 5.32 Å². The lowest BCUT2D eigenvalue weighted by atomic mass is 10.4. The monoisotopic (exact) mass is 169 g/mol. The van der Waals surface area contributed by atoms with Gasteiger partial charge in [0.15, 0.2) is 0 Å². The van der Waals surface area contributed by atoms with E-state index in [1.807, 2.05) is 0 Å². The molecule has 0 bridgehead atoms. The molecule has 0 aromatic rings. The highest BCUT2D eigenvalue weighted by Crippen LogP contribution is 2.14. The molecule has 12 heavy (non-hydrogen) atoms. The second-order valence-corrected chi connectivity index (χ2v) is 2.98. The minimum Gasteiger partial charge on any atom is -0.335 e. The first-order valence-electron chi connectivity index (χ1n) is 4.15. The molecule has 3 amide bonds. The normalized spacial score (nSPS) is 23.7. The van der Waals surface area contributed by atoms with Gasteiger partial charge >= 0.3 is 6.03 Å². The number of rotatable bonds is 1. The molecular formula is C7H11N3O2. The van der Waals surface area contributed by atoms with Crippen LogP contribution in [0.5, 0.6) is 0 Å². The average Bonchev–Trinajstić information content (AvgIpc) is 2.59. The zero-order valence-electron chi connectivity index (χ0n) is 6.75. The molecule has 0 spiro atoms. The lowest BCUT2D eigenvalue weighted by Crippen LogP contribution is -2.45. The van der Waals surface area contributed by atoms with Crippen molar-refractivity contribution in [3.05, 3.63) is 0 Å². The van der Waals surface area contributed by atoms with Crippen molar-refractivity contribution in [1.82, 2.24) is 15.3 Å². The van der Waals surface area contributed by atoms with Crippen LogP contribution in [0, 0.1) is 0 Å². The van der Waals surface area contributed by atoms with E-state index in [0.29, 0.717) is 26.1 Å². The van der Waals surface area contributed by atoms with E-state index in [1.165, 1.54) is 5.01 Å². The number of nitrogens with zero attached hydrogens (tertiary/aromatic N) is 2. The maximum absolute atomic E-state index is 11.2. The van der Waals surface area contributed by atoms with Crippen molar-refractivity contribution >= 4 is 11.9 Å². The number of hydrogen-bond donors (Lipinski definition) is 1. The molecule has 0 saturated carbocycles. The number of urea groups is 1. The Balaban J connectivity index is 2.08. The largest absolute Gasteiger partial charge is 0.336 e. The van der Waals surface area contributed by atoms with Gasteiger partial charge in [0.05, 0.1) is 6.54 Å². The Labute approximate surface area is 70.3 Å². The predicted octanol–water partition coefficient (Wildman–Crippen LogP) is -0.451. The van der Waals surface area contributed by atoms with Gasteiger partial charge < -0.3 is 5.32 Å². The number of hydrogen-bond acceptors (Lipinski definition) is 2. The summed E-state index contributed by atoms with van der Waals surface area (Å²) in [5.41, 5.74) is 0. The van der Waals surface area contributed by atoms with E-state index in [1.54, 1.807) is 5.01 Å². The molecule has 5 heteroatoms. The molecule has 0 aliphatic carbocycles. The van der Waals surface area contributed by atoms with Crippen molar-refractivity contribution in [2.24, 2.45) is 0 Å². The van der Waals surface area contributed by atoms with Gasteiger partial charge in [-0.05, 0) is 6.42 Å². The number of nitrogens with one attached hydrogen (secondary N) is 1. The summed E-state index contributed by atoms with van der Waals surface area (Å²) in [5, 5.41) is 5.70. The Bertz CT molecular complexity index is 205. The predicted molar refractivity (Wildman–Crippen MR) is 41.1 cm³/mol. The minimum absolute atomic E-state index is 0.0621. The first-order valence-corrected chi connectivity index (χ1v) is 4.15. The van der Waals surface area contributed by atoms with Crippen LogP contribution in [0.2, 0.25) is 0 Å². The van der Waals surface area contributed by atoms with Crippen LogP contribution in [0.15, 0.2) is 0 Å². The van der Waals surface area contributed by atoms with E-state index >= 15 is 0 Å². The Kier molecular flexibility index (Phi) is 1.64. The third-order valence-corrected chi connectivity index (χ3v) is 2.17. The van der Waals surface area contributed by atoms with Crippen molar-refractivity contribution in [3.63, 3.8) is 0 Å². The standard InChI is InChI=1S/C7H11N3O2/c11-6-2-1-4-9(6)10-5-3-8-7(10)12/h1-5H2,(H,8,12). The highest BCUT2D eigenvalue weighted by atomic mass is 16.2. The quantitative estimate of drug-likeness (QED) is 0.578. The lowest BCUT2D eigenvalue weighted by Gasteiger charge is -2.25. The third-order valence-electron chi connectivity index (χ3n) is 2.17. The summed E-state index contributed by atoms with van der Waals surface area (Å²) in [6.45, 7) is 1.94. The fourth-order valence-electron chi connectivity index (χ4n) is 1.58. The first-order chi connectivity index (χ1) is 5.79. The molecule has 0 radical (unpaired) electrons. The Morgan fingerprint density at radius 3 is 2.50 bits per heavy atom. The SMILES string of the molecule is O=C1CCCN1N1CCNC1=O. The van der Waals surface area contributed by atoms with Gasteiger partial charge in [0, 0.05) is 19.5 Å².